The van der Waals surface area contributed by atoms with Crippen LogP contribution in [0.15, 0.2) is 61.2 Å². The molecule has 0 radical (unpaired) electrons. The summed E-state index contributed by atoms with van der Waals surface area (Å²) in [6, 6.07) is 16.4. The molecule has 22 heavy (non-hydrogen) atoms. The minimum Gasteiger partial charge on any atom is -0.423 e. The monoisotopic (exact) mass is 294 g/mol. The SMILES string of the molecule is C=CC(=O)Oc1ccc(C(C)(CC)c2ccc(C)cc2)cc1. The van der Waals surface area contributed by atoms with Gasteiger partial charge in [-0.2, -0.15) is 0 Å². The van der Waals surface area contributed by atoms with Gasteiger partial charge in [-0.15, -0.1) is 0 Å². The van der Waals surface area contributed by atoms with Crippen LogP contribution < -0.4 is 4.74 Å². The number of ether oxygens (including phenoxy) is 1. The first-order valence-corrected chi connectivity index (χ1v) is 7.51. The van der Waals surface area contributed by atoms with Crippen LogP contribution in [0.3, 0.4) is 0 Å². The van der Waals surface area contributed by atoms with E-state index in [0.29, 0.717) is 5.75 Å². The minimum atomic E-state index is -0.440. The van der Waals surface area contributed by atoms with Gasteiger partial charge in [-0.3, -0.25) is 0 Å². The average Bonchev–Trinajstić information content (AvgIpc) is 2.55. The van der Waals surface area contributed by atoms with Crippen molar-refractivity contribution in [2.45, 2.75) is 32.6 Å². The van der Waals surface area contributed by atoms with Gasteiger partial charge >= 0.3 is 5.97 Å². The van der Waals surface area contributed by atoms with E-state index in [1.807, 2.05) is 24.3 Å². The van der Waals surface area contributed by atoms with Crippen LogP contribution in [-0.2, 0) is 10.2 Å². The molecule has 2 aromatic carbocycles. The number of benzene rings is 2. The molecule has 0 spiro atoms. The van der Waals surface area contributed by atoms with Crippen molar-refractivity contribution in [1.29, 1.82) is 0 Å². The highest BCUT2D eigenvalue weighted by Crippen LogP contribution is 2.36. The summed E-state index contributed by atoms with van der Waals surface area (Å²) in [5.41, 5.74) is 3.69. The molecule has 0 saturated carbocycles. The Labute approximate surface area is 132 Å². The zero-order valence-electron chi connectivity index (χ0n) is 13.4. The summed E-state index contributed by atoms with van der Waals surface area (Å²) < 4.78 is 5.13. The Kier molecular flexibility index (Phi) is 4.81. The quantitative estimate of drug-likeness (QED) is 0.450. The third kappa shape index (κ3) is 3.28. The number of aryl methyl sites for hydroxylation is 1. The topological polar surface area (TPSA) is 26.3 Å². The van der Waals surface area contributed by atoms with E-state index in [1.54, 1.807) is 0 Å². The Morgan fingerprint density at radius 3 is 2.05 bits per heavy atom. The van der Waals surface area contributed by atoms with E-state index < -0.39 is 5.97 Å². The minimum absolute atomic E-state index is 0.0608. The van der Waals surface area contributed by atoms with Crippen molar-refractivity contribution in [2.75, 3.05) is 0 Å². The molecule has 1 unspecified atom stereocenters. The zero-order valence-corrected chi connectivity index (χ0v) is 13.4. The Bertz CT molecular complexity index is 653. The molecule has 2 rings (SSSR count). The van der Waals surface area contributed by atoms with Crippen molar-refractivity contribution in [3.63, 3.8) is 0 Å². The Morgan fingerprint density at radius 2 is 1.59 bits per heavy atom. The second-order valence-electron chi connectivity index (χ2n) is 5.70. The molecule has 2 aromatic rings. The van der Waals surface area contributed by atoms with Crippen LogP contribution in [0, 0.1) is 6.92 Å². The van der Waals surface area contributed by atoms with Crippen LogP contribution in [0.25, 0.3) is 0 Å². The van der Waals surface area contributed by atoms with Gasteiger partial charge < -0.3 is 4.74 Å². The molecule has 1 atom stereocenters. The molecule has 0 saturated heterocycles. The molecule has 0 aliphatic rings. The molecule has 0 fully saturated rings. The summed E-state index contributed by atoms with van der Waals surface area (Å²) in [4.78, 5) is 11.2. The average molecular weight is 294 g/mol. The Hall–Kier alpha value is -2.35. The molecule has 0 N–H and O–H groups in total. The standard InChI is InChI=1S/C20H22O2/c1-5-19(21)22-18-13-11-17(12-14-18)20(4,6-2)16-9-7-15(3)8-10-16/h5,7-14H,1,6H2,2-4H3. The number of carbonyl (C=O) groups excluding carboxylic acids is 1. The summed E-state index contributed by atoms with van der Waals surface area (Å²) in [6.07, 6.45) is 2.15. The highest BCUT2D eigenvalue weighted by molar-refractivity contribution is 5.83. The molecular formula is C20H22O2. The summed E-state index contributed by atoms with van der Waals surface area (Å²) in [6.45, 7) is 9.92. The fourth-order valence-electron chi connectivity index (χ4n) is 2.54. The lowest BCUT2D eigenvalue weighted by Crippen LogP contribution is -2.22. The van der Waals surface area contributed by atoms with Gasteiger partial charge in [0.05, 0.1) is 0 Å². The molecule has 0 heterocycles. The predicted molar refractivity (Wildman–Crippen MR) is 90.2 cm³/mol. The van der Waals surface area contributed by atoms with Gasteiger partial charge in [0.1, 0.15) is 5.75 Å². The maximum atomic E-state index is 11.2. The second kappa shape index (κ2) is 6.61. The van der Waals surface area contributed by atoms with Crippen LogP contribution in [-0.4, -0.2) is 5.97 Å². The summed E-state index contributed by atoms with van der Waals surface area (Å²) in [5.74, 6) is 0.0977. The maximum absolute atomic E-state index is 11.2. The van der Waals surface area contributed by atoms with Crippen LogP contribution in [0.4, 0.5) is 0 Å². The first-order valence-electron chi connectivity index (χ1n) is 7.51. The number of carbonyl (C=O) groups is 1. The maximum Gasteiger partial charge on any atom is 0.335 e. The van der Waals surface area contributed by atoms with E-state index in [0.717, 1.165) is 12.5 Å². The van der Waals surface area contributed by atoms with Crippen LogP contribution >= 0.6 is 0 Å². The van der Waals surface area contributed by atoms with Gasteiger partial charge in [-0.25, -0.2) is 4.79 Å². The molecular weight excluding hydrogens is 272 g/mol. The molecule has 0 aliphatic carbocycles. The van der Waals surface area contributed by atoms with E-state index in [2.05, 4.69) is 51.6 Å². The van der Waals surface area contributed by atoms with Gasteiger partial charge in [0.15, 0.2) is 0 Å². The normalized spacial score (nSPS) is 13.2. The van der Waals surface area contributed by atoms with Gasteiger partial charge in [-0.1, -0.05) is 62.4 Å². The van der Waals surface area contributed by atoms with Crippen LogP contribution in [0.2, 0.25) is 0 Å². The summed E-state index contributed by atoms with van der Waals surface area (Å²) >= 11 is 0. The third-order valence-corrected chi connectivity index (χ3v) is 4.27. The zero-order chi connectivity index (χ0) is 16.2. The fourth-order valence-corrected chi connectivity index (χ4v) is 2.54. The van der Waals surface area contributed by atoms with E-state index in [9.17, 15) is 4.79 Å². The van der Waals surface area contributed by atoms with Gasteiger partial charge in [0.2, 0.25) is 0 Å². The summed E-state index contributed by atoms with van der Waals surface area (Å²) in [5, 5.41) is 0. The molecule has 0 amide bonds. The molecule has 2 nitrogen and oxygen atoms in total. The van der Waals surface area contributed by atoms with E-state index in [1.165, 1.54) is 16.7 Å². The number of rotatable bonds is 5. The number of hydrogen-bond donors (Lipinski definition) is 0. The molecule has 0 bridgehead atoms. The molecule has 0 aliphatic heterocycles. The Morgan fingerprint density at radius 1 is 1.09 bits per heavy atom. The number of hydrogen-bond acceptors (Lipinski definition) is 2. The first kappa shape index (κ1) is 16.0. The van der Waals surface area contributed by atoms with Crippen LogP contribution in [0.5, 0.6) is 5.75 Å². The van der Waals surface area contributed by atoms with Gasteiger partial charge in [0, 0.05) is 11.5 Å². The van der Waals surface area contributed by atoms with Gasteiger partial charge in [0.25, 0.3) is 0 Å². The third-order valence-electron chi connectivity index (χ3n) is 4.27. The number of esters is 1. The molecule has 114 valence electrons. The molecule has 0 aromatic heterocycles. The predicted octanol–water partition coefficient (Wildman–Crippen LogP) is 4.80. The highest BCUT2D eigenvalue weighted by Gasteiger charge is 2.26. The molecule has 2 heteroatoms. The smallest absolute Gasteiger partial charge is 0.335 e. The fraction of sp³-hybridized carbons (Fsp3) is 0.250. The van der Waals surface area contributed by atoms with Crippen molar-refractivity contribution < 1.29 is 9.53 Å². The lowest BCUT2D eigenvalue weighted by molar-refractivity contribution is -0.128. The van der Waals surface area contributed by atoms with Crippen molar-refractivity contribution in [3.05, 3.63) is 77.9 Å². The summed E-state index contributed by atoms with van der Waals surface area (Å²) in [7, 11) is 0. The largest absolute Gasteiger partial charge is 0.423 e. The van der Waals surface area contributed by atoms with Crippen molar-refractivity contribution in [1.82, 2.24) is 0 Å². The van der Waals surface area contributed by atoms with Crippen molar-refractivity contribution in [3.8, 4) is 5.75 Å². The van der Waals surface area contributed by atoms with E-state index >= 15 is 0 Å². The van der Waals surface area contributed by atoms with Crippen molar-refractivity contribution >= 4 is 5.97 Å². The lowest BCUT2D eigenvalue weighted by atomic mass is 9.74. The van der Waals surface area contributed by atoms with E-state index in [4.69, 9.17) is 4.74 Å². The Balaban J connectivity index is 2.32. The lowest BCUT2D eigenvalue weighted by Gasteiger charge is -2.30. The van der Waals surface area contributed by atoms with Crippen LogP contribution in [0.1, 0.15) is 37.0 Å². The highest BCUT2D eigenvalue weighted by atomic mass is 16.5. The van der Waals surface area contributed by atoms with E-state index in [-0.39, 0.29) is 5.41 Å². The van der Waals surface area contributed by atoms with Crippen molar-refractivity contribution in [2.24, 2.45) is 0 Å². The second-order valence-corrected chi connectivity index (χ2v) is 5.70. The van der Waals surface area contributed by atoms with Gasteiger partial charge in [-0.05, 0) is 36.6 Å². The first-order chi connectivity index (χ1) is 10.5.